The lowest BCUT2D eigenvalue weighted by atomic mass is 10.2. The van der Waals surface area contributed by atoms with Crippen LogP contribution in [-0.2, 0) is 0 Å². The third kappa shape index (κ3) is 1.75. The molecule has 0 bridgehead atoms. The van der Waals surface area contributed by atoms with Gasteiger partial charge in [-0.05, 0) is 13.0 Å². The predicted molar refractivity (Wildman–Crippen MR) is 53.1 cm³/mol. The van der Waals surface area contributed by atoms with Crippen molar-refractivity contribution in [3.63, 3.8) is 0 Å². The summed E-state index contributed by atoms with van der Waals surface area (Å²) in [6, 6.07) is 1.86. The van der Waals surface area contributed by atoms with Crippen LogP contribution in [0, 0.1) is 11.3 Å². The maximum absolute atomic E-state index is 9.51. The molecule has 1 heterocycles. The lowest BCUT2D eigenvalue weighted by Crippen LogP contribution is -1.89. The maximum Gasteiger partial charge on any atom is 0.163 e. The van der Waals surface area contributed by atoms with Crippen molar-refractivity contribution in [2.75, 3.05) is 5.73 Å². The van der Waals surface area contributed by atoms with Crippen molar-refractivity contribution in [1.82, 2.24) is 10.2 Å². The van der Waals surface area contributed by atoms with Crippen LogP contribution in [0.4, 0.5) is 5.82 Å². The molecule has 0 saturated carbocycles. The second-order valence-corrected chi connectivity index (χ2v) is 2.55. The van der Waals surface area contributed by atoms with E-state index in [1.165, 1.54) is 6.08 Å². The molecule has 0 atom stereocenters. The topological polar surface area (TPSA) is 98.7 Å². The number of nitriles is 1. The number of hydrogen-bond donors (Lipinski definition) is 3. The monoisotopic (exact) mass is 190 g/mol. The molecule has 0 unspecified atom stereocenters. The highest BCUT2D eigenvalue weighted by Crippen LogP contribution is 2.18. The molecular formula is C9H10N4O. The molecule has 0 amide bonds. The van der Waals surface area contributed by atoms with E-state index >= 15 is 0 Å². The van der Waals surface area contributed by atoms with Gasteiger partial charge < -0.3 is 10.8 Å². The van der Waals surface area contributed by atoms with Crippen molar-refractivity contribution in [1.29, 1.82) is 5.26 Å². The van der Waals surface area contributed by atoms with E-state index in [1.807, 2.05) is 13.0 Å². The number of aliphatic hydroxyl groups excluding tert-OH is 1. The first-order chi connectivity index (χ1) is 6.70. The quantitative estimate of drug-likeness (QED) is 0.484. The lowest BCUT2D eigenvalue weighted by molar-refractivity contribution is 0.508. The third-order valence-corrected chi connectivity index (χ3v) is 1.61. The number of H-pyrrole nitrogens is 1. The summed E-state index contributed by atoms with van der Waals surface area (Å²) in [6.45, 7) is 1.82. The van der Waals surface area contributed by atoms with Crippen LogP contribution in [0.1, 0.15) is 18.2 Å². The number of nitrogens with zero attached hydrogens (tertiary/aromatic N) is 2. The van der Waals surface area contributed by atoms with E-state index in [4.69, 9.17) is 11.0 Å². The average molecular weight is 190 g/mol. The van der Waals surface area contributed by atoms with Crippen LogP contribution in [-0.4, -0.2) is 15.3 Å². The van der Waals surface area contributed by atoms with Crippen molar-refractivity contribution in [3.05, 3.63) is 29.5 Å². The van der Waals surface area contributed by atoms with Crippen LogP contribution < -0.4 is 5.73 Å². The van der Waals surface area contributed by atoms with Crippen LogP contribution >= 0.6 is 0 Å². The molecule has 0 aliphatic rings. The molecule has 1 aromatic rings. The van der Waals surface area contributed by atoms with Crippen LogP contribution in [0.25, 0.3) is 5.76 Å². The molecule has 0 aromatic carbocycles. The Morgan fingerprint density at radius 1 is 1.71 bits per heavy atom. The molecule has 5 nitrogen and oxygen atoms in total. The summed E-state index contributed by atoms with van der Waals surface area (Å²) in [7, 11) is 0. The molecule has 0 aliphatic heterocycles. The molecule has 0 aliphatic carbocycles. The molecule has 0 fully saturated rings. The molecule has 14 heavy (non-hydrogen) atoms. The number of allylic oxidation sites excluding steroid dienone is 3. The molecule has 1 aromatic heterocycles. The highest BCUT2D eigenvalue weighted by molar-refractivity contribution is 5.68. The highest BCUT2D eigenvalue weighted by atomic mass is 16.3. The Balaban J connectivity index is 3.14. The van der Waals surface area contributed by atoms with Gasteiger partial charge in [0.15, 0.2) is 5.82 Å². The number of nitrogens with two attached hydrogens (primary N) is 1. The third-order valence-electron chi connectivity index (χ3n) is 1.61. The van der Waals surface area contributed by atoms with Gasteiger partial charge in [0.05, 0.1) is 0 Å². The molecule has 0 spiro atoms. The predicted octanol–water partition coefficient (Wildman–Crippen LogP) is 1.34. The SMILES string of the molecule is C/C=C\C=C(/O)c1[nH]nc(N)c1C#N. The van der Waals surface area contributed by atoms with Crippen LogP contribution in [0.3, 0.4) is 0 Å². The minimum absolute atomic E-state index is 0.0659. The zero-order valence-corrected chi connectivity index (χ0v) is 7.65. The number of anilines is 1. The van der Waals surface area contributed by atoms with Crippen molar-refractivity contribution >= 4 is 11.6 Å². The highest BCUT2D eigenvalue weighted by Gasteiger charge is 2.12. The number of aliphatic hydroxyl groups is 1. The summed E-state index contributed by atoms with van der Waals surface area (Å²) in [5, 5.41) is 24.3. The van der Waals surface area contributed by atoms with E-state index in [-0.39, 0.29) is 22.8 Å². The molecule has 4 N–H and O–H groups in total. The molecular weight excluding hydrogens is 180 g/mol. The number of nitrogens with one attached hydrogen (secondary N) is 1. The molecule has 0 saturated heterocycles. The summed E-state index contributed by atoms with van der Waals surface area (Å²) < 4.78 is 0. The normalized spacial score (nSPS) is 11.9. The Morgan fingerprint density at radius 3 is 3.00 bits per heavy atom. The van der Waals surface area contributed by atoms with Gasteiger partial charge in [-0.25, -0.2) is 0 Å². The first-order valence-corrected chi connectivity index (χ1v) is 3.97. The van der Waals surface area contributed by atoms with Gasteiger partial charge in [-0.3, -0.25) is 5.10 Å². The molecule has 1 rings (SSSR count). The van der Waals surface area contributed by atoms with Crippen LogP contribution in [0.5, 0.6) is 0 Å². The fraction of sp³-hybridized carbons (Fsp3) is 0.111. The summed E-state index contributed by atoms with van der Waals surface area (Å²) >= 11 is 0. The van der Waals surface area contributed by atoms with E-state index in [0.717, 1.165) is 0 Å². The molecule has 5 heteroatoms. The van der Waals surface area contributed by atoms with Gasteiger partial charge in [-0.15, -0.1) is 0 Å². The first-order valence-electron chi connectivity index (χ1n) is 3.97. The first kappa shape index (κ1) is 9.86. The largest absolute Gasteiger partial charge is 0.506 e. The van der Waals surface area contributed by atoms with E-state index in [9.17, 15) is 5.11 Å². The summed E-state index contributed by atoms with van der Waals surface area (Å²) in [5.74, 6) is 0.0202. The zero-order valence-electron chi connectivity index (χ0n) is 7.65. The van der Waals surface area contributed by atoms with E-state index in [0.29, 0.717) is 0 Å². The fourth-order valence-electron chi connectivity index (χ4n) is 0.925. The van der Waals surface area contributed by atoms with Crippen molar-refractivity contribution in [2.45, 2.75) is 6.92 Å². The Hall–Kier alpha value is -2.22. The van der Waals surface area contributed by atoms with Gasteiger partial charge in [0, 0.05) is 0 Å². The number of hydrogen-bond acceptors (Lipinski definition) is 4. The van der Waals surface area contributed by atoms with E-state index in [1.54, 1.807) is 12.2 Å². The van der Waals surface area contributed by atoms with Crippen molar-refractivity contribution in [2.24, 2.45) is 0 Å². The van der Waals surface area contributed by atoms with Gasteiger partial charge in [-0.2, -0.15) is 10.4 Å². The number of rotatable bonds is 2. The summed E-state index contributed by atoms with van der Waals surface area (Å²) in [4.78, 5) is 0. The number of nitrogen functional groups attached to an aromatic ring is 1. The Bertz CT molecular complexity index is 423. The standard InChI is InChI=1S/C9H10N4O/c1-2-3-4-7(14)8-6(5-10)9(11)13-12-8/h2-4,14H,1H3,(H3,11,12,13)/b3-2-,7-4-. The smallest absolute Gasteiger partial charge is 0.163 e. The summed E-state index contributed by atoms with van der Waals surface area (Å²) in [6.07, 6.45) is 4.85. The second-order valence-electron chi connectivity index (χ2n) is 2.55. The minimum Gasteiger partial charge on any atom is -0.506 e. The van der Waals surface area contributed by atoms with Gasteiger partial charge in [0.1, 0.15) is 23.1 Å². The summed E-state index contributed by atoms with van der Waals surface area (Å²) in [5.41, 5.74) is 5.79. The maximum atomic E-state index is 9.51. The Morgan fingerprint density at radius 2 is 2.43 bits per heavy atom. The number of aromatic nitrogens is 2. The minimum atomic E-state index is -0.0659. The van der Waals surface area contributed by atoms with Gasteiger partial charge >= 0.3 is 0 Å². The van der Waals surface area contributed by atoms with Crippen molar-refractivity contribution < 1.29 is 5.11 Å². The van der Waals surface area contributed by atoms with Crippen molar-refractivity contribution in [3.8, 4) is 6.07 Å². The Kier molecular flexibility index (Phi) is 2.92. The average Bonchev–Trinajstić information content (AvgIpc) is 2.55. The van der Waals surface area contributed by atoms with Crippen LogP contribution in [0.15, 0.2) is 18.2 Å². The zero-order chi connectivity index (χ0) is 10.6. The van der Waals surface area contributed by atoms with Gasteiger partial charge in [0.2, 0.25) is 0 Å². The fourth-order valence-corrected chi connectivity index (χ4v) is 0.925. The second kappa shape index (κ2) is 4.14. The Labute approximate surface area is 81.2 Å². The molecule has 72 valence electrons. The lowest BCUT2D eigenvalue weighted by Gasteiger charge is -1.93. The van der Waals surface area contributed by atoms with E-state index < -0.39 is 0 Å². The number of aromatic amines is 1. The van der Waals surface area contributed by atoms with Crippen LogP contribution in [0.2, 0.25) is 0 Å². The molecule has 0 radical (unpaired) electrons. The van der Waals surface area contributed by atoms with E-state index in [2.05, 4.69) is 10.2 Å². The van der Waals surface area contributed by atoms with Gasteiger partial charge in [-0.1, -0.05) is 12.2 Å². The van der Waals surface area contributed by atoms with Gasteiger partial charge in [0.25, 0.3) is 0 Å².